The molecule has 0 bridgehead atoms. The minimum absolute atomic E-state index is 0.782. The Hall–Kier alpha value is -4.24. The van der Waals surface area contributed by atoms with Gasteiger partial charge in [-0.15, -0.1) is 0 Å². The van der Waals surface area contributed by atoms with Crippen LogP contribution >= 0.6 is 0 Å². The maximum atomic E-state index is 11.7. The lowest BCUT2D eigenvalue weighted by molar-refractivity contribution is -0.196. The van der Waals surface area contributed by atoms with Crippen molar-refractivity contribution in [3.05, 3.63) is 0 Å². The molecule has 0 saturated heterocycles. The standard InChI is InChI=1S/2C12H16O8/c2*1-17-9(13)5-6(10(14)18-2)8(12(16)20-4)7(5)11(15)19-3/h2*5-8H,1-4H3. The van der Waals surface area contributed by atoms with Crippen molar-refractivity contribution < 1.29 is 76.3 Å². The van der Waals surface area contributed by atoms with Crippen molar-refractivity contribution in [2.24, 2.45) is 47.3 Å². The van der Waals surface area contributed by atoms with Crippen molar-refractivity contribution in [3.63, 3.8) is 0 Å². The van der Waals surface area contributed by atoms with Gasteiger partial charge in [-0.3, -0.25) is 38.4 Å². The fourth-order valence-corrected chi connectivity index (χ4v) is 4.93. The van der Waals surface area contributed by atoms with E-state index in [4.69, 9.17) is 0 Å². The zero-order valence-electron chi connectivity index (χ0n) is 23.2. The summed E-state index contributed by atoms with van der Waals surface area (Å²) in [5.41, 5.74) is 0. The van der Waals surface area contributed by atoms with Gasteiger partial charge in [0.25, 0.3) is 0 Å². The van der Waals surface area contributed by atoms with Crippen molar-refractivity contribution in [2.75, 3.05) is 56.9 Å². The number of ether oxygens (including phenoxy) is 8. The average Bonchev–Trinajstić information content (AvgIpc) is 2.94. The number of hydrogen-bond donors (Lipinski definition) is 0. The maximum absolute atomic E-state index is 11.7. The Bertz CT molecular complexity index is 762. The monoisotopic (exact) mass is 576 g/mol. The van der Waals surface area contributed by atoms with Crippen LogP contribution in [0, 0.1) is 47.3 Å². The maximum Gasteiger partial charge on any atom is 0.310 e. The highest BCUT2D eigenvalue weighted by molar-refractivity contribution is 5.98. The lowest BCUT2D eigenvalue weighted by Gasteiger charge is -2.44. The lowest BCUT2D eigenvalue weighted by atomic mass is 9.56. The molecule has 0 unspecified atom stereocenters. The molecule has 2 aliphatic rings. The van der Waals surface area contributed by atoms with Crippen LogP contribution in [0.3, 0.4) is 0 Å². The Morgan fingerprint density at radius 1 is 0.250 bits per heavy atom. The number of methoxy groups -OCH3 is 8. The third-order valence-corrected chi connectivity index (χ3v) is 6.88. The predicted molar refractivity (Wildman–Crippen MR) is 124 cm³/mol. The molecule has 224 valence electrons. The summed E-state index contributed by atoms with van der Waals surface area (Å²) < 4.78 is 36.5. The molecule has 0 heterocycles. The van der Waals surface area contributed by atoms with Crippen molar-refractivity contribution in [3.8, 4) is 0 Å². The SMILES string of the molecule is COC(=O)C1C(C(=O)OC)C(C(=O)OC)C1C(=O)OC.COC(=O)C1C(C(=O)OC)C(C(=O)OC)C1C(=O)OC. The molecule has 0 spiro atoms. The van der Waals surface area contributed by atoms with Gasteiger partial charge in [0, 0.05) is 0 Å². The van der Waals surface area contributed by atoms with Gasteiger partial charge in [0.2, 0.25) is 0 Å². The van der Waals surface area contributed by atoms with Crippen LogP contribution in [0.4, 0.5) is 0 Å². The van der Waals surface area contributed by atoms with E-state index in [0.29, 0.717) is 0 Å². The smallest absolute Gasteiger partial charge is 0.310 e. The van der Waals surface area contributed by atoms with Crippen molar-refractivity contribution in [1.29, 1.82) is 0 Å². The Balaban J connectivity index is 0.000000400. The summed E-state index contributed by atoms with van der Waals surface area (Å²) in [6, 6.07) is 0. The highest BCUT2D eigenvalue weighted by Gasteiger charge is 2.66. The molecule has 2 rings (SSSR count). The van der Waals surface area contributed by atoms with Gasteiger partial charge in [-0.05, 0) is 0 Å². The number of hydrogen-bond acceptors (Lipinski definition) is 16. The fourth-order valence-electron chi connectivity index (χ4n) is 4.93. The van der Waals surface area contributed by atoms with E-state index in [-0.39, 0.29) is 0 Å². The number of carbonyl (C=O) groups excluding carboxylic acids is 8. The molecule has 16 heteroatoms. The first-order valence-electron chi connectivity index (χ1n) is 11.5. The van der Waals surface area contributed by atoms with Crippen LogP contribution in [-0.2, 0) is 76.3 Å². The first-order chi connectivity index (χ1) is 18.9. The molecule has 16 nitrogen and oxygen atoms in total. The van der Waals surface area contributed by atoms with Gasteiger partial charge >= 0.3 is 47.8 Å². The summed E-state index contributed by atoms with van der Waals surface area (Å²) >= 11 is 0. The first kappa shape index (κ1) is 33.8. The van der Waals surface area contributed by atoms with Gasteiger partial charge in [-0.1, -0.05) is 0 Å². The van der Waals surface area contributed by atoms with E-state index in [1.165, 1.54) is 0 Å². The molecular formula is C24H32O16. The summed E-state index contributed by atoms with van der Waals surface area (Å²) in [5, 5.41) is 0. The van der Waals surface area contributed by atoms with Gasteiger partial charge in [0.05, 0.1) is 104 Å². The molecule has 2 fully saturated rings. The van der Waals surface area contributed by atoms with Gasteiger partial charge in [0.1, 0.15) is 0 Å². The van der Waals surface area contributed by atoms with E-state index in [9.17, 15) is 38.4 Å². The van der Waals surface area contributed by atoms with Crippen molar-refractivity contribution in [2.45, 2.75) is 0 Å². The summed E-state index contributed by atoms with van der Waals surface area (Å²) in [4.78, 5) is 93.8. The largest absolute Gasteiger partial charge is 0.469 e. The highest BCUT2D eigenvalue weighted by Crippen LogP contribution is 2.49. The van der Waals surface area contributed by atoms with Crippen LogP contribution in [-0.4, -0.2) is 105 Å². The average molecular weight is 577 g/mol. The van der Waals surface area contributed by atoms with Gasteiger partial charge in [-0.25, -0.2) is 0 Å². The van der Waals surface area contributed by atoms with E-state index < -0.39 is 95.1 Å². The molecule has 0 aromatic carbocycles. The molecule has 0 aromatic rings. The van der Waals surface area contributed by atoms with E-state index in [1.54, 1.807) is 0 Å². The molecular weight excluding hydrogens is 544 g/mol. The summed E-state index contributed by atoms with van der Waals surface area (Å²) in [6.45, 7) is 0. The van der Waals surface area contributed by atoms with E-state index in [2.05, 4.69) is 37.9 Å². The van der Waals surface area contributed by atoms with Crippen LogP contribution in [0.25, 0.3) is 0 Å². The molecule has 2 aliphatic carbocycles. The van der Waals surface area contributed by atoms with Gasteiger partial charge in [0.15, 0.2) is 0 Å². The first-order valence-corrected chi connectivity index (χ1v) is 11.5. The Kier molecular flexibility index (Phi) is 12.5. The molecule has 0 radical (unpaired) electrons. The minimum atomic E-state index is -1.12. The van der Waals surface area contributed by atoms with Crippen LogP contribution < -0.4 is 0 Å². The molecule has 0 atom stereocenters. The van der Waals surface area contributed by atoms with Crippen LogP contribution in [0.1, 0.15) is 0 Å². The Morgan fingerprint density at radius 2 is 0.325 bits per heavy atom. The minimum Gasteiger partial charge on any atom is -0.469 e. The number of esters is 8. The van der Waals surface area contributed by atoms with Crippen molar-refractivity contribution >= 4 is 47.8 Å². The van der Waals surface area contributed by atoms with E-state index in [0.717, 1.165) is 56.9 Å². The second-order valence-corrected chi connectivity index (χ2v) is 8.39. The Morgan fingerprint density at radius 3 is 0.375 bits per heavy atom. The number of carbonyl (C=O) groups is 8. The third-order valence-electron chi connectivity index (χ3n) is 6.88. The quantitative estimate of drug-likeness (QED) is 0.233. The normalized spacial score (nSPS) is 27.8. The Labute approximate surface area is 228 Å². The van der Waals surface area contributed by atoms with Gasteiger partial charge in [-0.2, -0.15) is 0 Å². The predicted octanol–water partition coefficient (Wildman–Crippen LogP) is -1.69. The number of rotatable bonds is 8. The topological polar surface area (TPSA) is 210 Å². The van der Waals surface area contributed by atoms with Crippen LogP contribution in [0.5, 0.6) is 0 Å². The molecule has 0 amide bonds. The van der Waals surface area contributed by atoms with Crippen molar-refractivity contribution in [1.82, 2.24) is 0 Å². The van der Waals surface area contributed by atoms with E-state index >= 15 is 0 Å². The van der Waals surface area contributed by atoms with E-state index in [1.807, 2.05) is 0 Å². The summed E-state index contributed by atoms with van der Waals surface area (Å²) in [6.07, 6.45) is 0. The summed E-state index contributed by atoms with van der Waals surface area (Å²) in [7, 11) is 8.97. The molecule has 40 heavy (non-hydrogen) atoms. The highest BCUT2D eigenvalue weighted by atomic mass is 16.6. The zero-order valence-corrected chi connectivity index (χ0v) is 23.2. The second-order valence-electron chi connectivity index (χ2n) is 8.39. The molecule has 0 aromatic heterocycles. The fraction of sp³-hybridized carbons (Fsp3) is 0.667. The van der Waals surface area contributed by atoms with Crippen LogP contribution in [0.15, 0.2) is 0 Å². The molecule has 0 N–H and O–H groups in total. The lowest BCUT2D eigenvalue weighted by Crippen LogP contribution is -2.60. The molecule has 0 aliphatic heterocycles. The third kappa shape index (κ3) is 6.31. The molecule has 2 saturated carbocycles. The van der Waals surface area contributed by atoms with Crippen LogP contribution in [0.2, 0.25) is 0 Å². The second kappa shape index (κ2) is 14.8. The summed E-state index contributed by atoms with van der Waals surface area (Å²) in [5.74, 6) is -15.2. The zero-order chi connectivity index (χ0) is 30.9. The van der Waals surface area contributed by atoms with Gasteiger partial charge < -0.3 is 37.9 Å².